The van der Waals surface area contributed by atoms with Crippen LogP contribution in [0.2, 0.25) is 0 Å². The summed E-state index contributed by atoms with van der Waals surface area (Å²) < 4.78 is 0. The van der Waals surface area contributed by atoms with Gasteiger partial charge in [0.2, 0.25) is 0 Å². The van der Waals surface area contributed by atoms with Crippen LogP contribution in [-0.2, 0) is 4.79 Å². The number of nitrogens with two attached hydrogens (primary N) is 2. The smallest absolute Gasteiger partial charge is 0.550 e. The SMILES string of the molecule is NCCC(N)CC(=O)[O-].[Na+]. The largest absolute Gasteiger partial charge is 1.00 e. The normalized spacial score (nSPS) is 11.8. The van der Waals surface area contributed by atoms with E-state index in [2.05, 4.69) is 0 Å². The van der Waals surface area contributed by atoms with E-state index in [1.807, 2.05) is 0 Å². The molecule has 0 bridgehead atoms. The van der Waals surface area contributed by atoms with E-state index in [0.717, 1.165) is 0 Å². The molecule has 0 heterocycles. The van der Waals surface area contributed by atoms with Crippen molar-refractivity contribution in [3.8, 4) is 0 Å². The quantitative estimate of drug-likeness (QED) is 0.396. The van der Waals surface area contributed by atoms with Crippen LogP contribution in [0.3, 0.4) is 0 Å². The summed E-state index contributed by atoms with van der Waals surface area (Å²) in [5.41, 5.74) is 10.4. The molecule has 0 aliphatic rings. The fourth-order valence-corrected chi connectivity index (χ4v) is 0.530. The van der Waals surface area contributed by atoms with Gasteiger partial charge in [0, 0.05) is 18.4 Å². The molecule has 0 amide bonds. The van der Waals surface area contributed by atoms with Crippen molar-refractivity contribution in [1.82, 2.24) is 0 Å². The Morgan fingerprint density at radius 3 is 2.40 bits per heavy atom. The molecule has 0 radical (unpaired) electrons. The summed E-state index contributed by atoms with van der Waals surface area (Å²) in [4.78, 5) is 9.85. The van der Waals surface area contributed by atoms with Gasteiger partial charge in [0.25, 0.3) is 0 Å². The average Bonchev–Trinajstić information content (AvgIpc) is 1.63. The maximum Gasteiger partial charge on any atom is 1.00 e. The summed E-state index contributed by atoms with van der Waals surface area (Å²) in [5, 5.41) is 9.85. The Labute approximate surface area is 82.2 Å². The summed E-state index contributed by atoms with van der Waals surface area (Å²) >= 11 is 0. The second-order valence-electron chi connectivity index (χ2n) is 1.91. The number of rotatable bonds is 4. The molecule has 1 unspecified atom stereocenters. The van der Waals surface area contributed by atoms with Crippen molar-refractivity contribution in [2.75, 3.05) is 6.54 Å². The number of carboxylic acid groups (broad SMARTS) is 1. The summed E-state index contributed by atoms with van der Waals surface area (Å²) in [6.45, 7) is 0.425. The van der Waals surface area contributed by atoms with Gasteiger partial charge in [-0.05, 0) is 13.0 Å². The molecule has 0 rings (SSSR count). The minimum absolute atomic E-state index is 0. The number of aliphatic carboxylic acids is 1. The fraction of sp³-hybridized carbons (Fsp3) is 0.800. The van der Waals surface area contributed by atoms with Gasteiger partial charge in [0.1, 0.15) is 0 Å². The maximum atomic E-state index is 9.85. The topological polar surface area (TPSA) is 92.2 Å². The third-order valence-corrected chi connectivity index (χ3v) is 0.966. The van der Waals surface area contributed by atoms with E-state index in [9.17, 15) is 9.90 Å². The van der Waals surface area contributed by atoms with Crippen molar-refractivity contribution in [2.24, 2.45) is 11.5 Å². The molecule has 0 spiro atoms. The van der Waals surface area contributed by atoms with E-state index in [1.54, 1.807) is 0 Å². The van der Waals surface area contributed by atoms with Crippen LogP contribution in [0.15, 0.2) is 0 Å². The van der Waals surface area contributed by atoms with Gasteiger partial charge in [-0.25, -0.2) is 0 Å². The minimum atomic E-state index is -1.11. The Bertz CT molecular complexity index is 99.6. The van der Waals surface area contributed by atoms with Crippen LogP contribution in [0.25, 0.3) is 0 Å². The second-order valence-corrected chi connectivity index (χ2v) is 1.91. The summed E-state index contributed by atoms with van der Waals surface area (Å²) in [6.07, 6.45) is 0.436. The van der Waals surface area contributed by atoms with E-state index in [4.69, 9.17) is 11.5 Å². The standard InChI is InChI=1S/C5H12N2O2.Na/c6-2-1-4(7)3-5(8)9;/h4H,1-3,6-7H2,(H,8,9);/q;+1/p-1. The van der Waals surface area contributed by atoms with Crippen LogP contribution in [-0.4, -0.2) is 18.6 Å². The molecule has 0 aromatic heterocycles. The third-order valence-electron chi connectivity index (χ3n) is 0.966. The van der Waals surface area contributed by atoms with Gasteiger partial charge in [-0.15, -0.1) is 0 Å². The van der Waals surface area contributed by atoms with E-state index in [0.29, 0.717) is 13.0 Å². The van der Waals surface area contributed by atoms with E-state index < -0.39 is 5.97 Å². The molecule has 4 nitrogen and oxygen atoms in total. The van der Waals surface area contributed by atoms with Gasteiger partial charge in [-0.1, -0.05) is 0 Å². The summed E-state index contributed by atoms with van der Waals surface area (Å²) in [7, 11) is 0. The predicted octanol–water partition coefficient (Wildman–Crippen LogP) is -5.19. The van der Waals surface area contributed by atoms with Crippen LogP contribution < -0.4 is 46.1 Å². The zero-order chi connectivity index (χ0) is 7.28. The van der Waals surface area contributed by atoms with E-state index in [-0.39, 0.29) is 42.0 Å². The van der Waals surface area contributed by atoms with Crippen molar-refractivity contribution < 1.29 is 39.5 Å². The Morgan fingerprint density at radius 2 is 2.10 bits per heavy atom. The van der Waals surface area contributed by atoms with Crippen LogP contribution in [0.1, 0.15) is 12.8 Å². The first-order valence-corrected chi connectivity index (χ1v) is 2.82. The Morgan fingerprint density at radius 1 is 1.60 bits per heavy atom. The molecular formula is C5H11N2NaO2. The monoisotopic (exact) mass is 154 g/mol. The molecule has 0 aliphatic heterocycles. The van der Waals surface area contributed by atoms with E-state index >= 15 is 0 Å². The molecule has 1 atom stereocenters. The van der Waals surface area contributed by atoms with Gasteiger partial charge >= 0.3 is 29.6 Å². The van der Waals surface area contributed by atoms with Crippen LogP contribution in [0.4, 0.5) is 0 Å². The number of hydrogen-bond acceptors (Lipinski definition) is 4. The molecule has 0 saturated heterocycles. The predicted molar refractivity (Wildman–Crippen MR) is 31.3 cm³/mol. The van der Waals surface area contributed by atoms with Crippen molar-refractivity contribution >= 4 is 5.97 Å². The number of carbonyl (C=O) groups is 1. The van der Waals surface area contributed by atoms with Gasteiger partial charge in [-0.2, -0.15) is 0 Å². The van der Waals surface area contributed by atoms with Crippen molar-refractivity contribution in [1.29, 1.82) is 0 Å². The Hall–Kier alpha value is 0.390. The van der Waals surface area contributed by atoms with Gasteiger partial charge < -0.3 is 21.4 Å². The molecule has 4 N–H and O–H groups in total. The van der Waals surface area contributed by atoms with Crippen LogP contribution >= 0.6 is 0 Å². The number of carboxylic acids is 1. The molecule has 0 saturated carbocycles. The first-order chi connectivity index (χ1) is 4.16. The molecular weight excluding hydrogens is 143 g/mol. The second kappa shape index (κ2) is 7.50. The van der Waals surface area contributed by atoms with E-state index in [1.165, 1.54) is 0 Å². The van der Waals surface area contributed by atoms with Gasteiger partial charge in [-0.3, -0.25) is 0 Å². The van der Waals surface area contributed by atoms with Crippen LogP contribution in [0.5, 0.6) is 0 Å². The number of hydrogen-bond donors (Lipinski definition) is 2. The van der Waals surface area contributed by atoms with Crippen molar-refractivity contribution in [2.45, 2.75) is 18.9 Å². The van der Waals surface area contributed by atoms with Crippen LogP contribution in [0, 0.1) is 0 Å². The molecule has 10 heavy (non-hydrogen) atoms. The first kappa shape index (κ1) is 13.0. The Kier molecular flexibility index (Phi) is 9.76. The number of carbonyl (C=O) groups excluding carboxylic acids is 1. The molecule has 0 aliphatic carbocycles. The Balaban J connectivity index is 0. The molecule has 0 fully saturated rings. The van der Waals surface area contributed by atoms with Gasteiger partial charge in [0.05, 0.1) is 0 Å². The minimum Gasteiger partial charge on any atom is -0.550 e. The summed E-state index contributed by atoms with van der Waals surface area (Å²) in [5.74, 6) is -1.11. The third kappa shape index (κ3) is 8.39. The zero-order valence-corrected chi connectivity index (χ0v) is 8.17. The fourth-order valence-electron chi connectivity index (χ4n) is 0.530. The summed E-state index contributed by atoms with van der Waals surface area (Å²) in [6, 6.07) is -0.347. The zero-order valence-electron chi connectivity index (χ0n) is 6.17. The van der Waals surface area contributed by atoms with Crippen molar-refractivity contribution in [3.63, 3.8) is 0 Å². The maximum absolute atomic E-state index is 9.85. The van der Waals surface area contributed by atoms with Gasteiger partial charge in [0.15, 0.2) is 0 Å². The average molecular weight is 154 g/mol. The first-order valence-electron chi connectivity index (χ1n) is 2.82. The molecule has 54 valence electrons. The molecule has 0 aromatic rings. The van der Waals surface area contributed by atoms with Crippen molar-refractivity contribution in [3.05, 3.63) is 0 Å². The molecule has 5 heteroatoms. The molecule has 0 aromatic carbocycles.